The molecule has 0 saturated heterocycles. The standard InChI is InChI=1S/C16H19Br/c1-2-5-11-8-9-13-12-6-3-4-7-14(12)16(17)10-15(11)13/h8,10H,2-7,9H2,1H3. The van der Waals surface area contributed by atoms with E-state index in [0.717, 1.165) is 0 Å². The number of allylic oxidation sites excluding steroid dienone is 2. The Hall–Kier alpha value is -0.560. The van der Waals surface area contributed by atoms with E-state index in [2.05, 4.69) is 35.0 Å². The maximum absolute atomic E-state index is 3.79. The van der Waals surface area contributed by atoms with Crippen LogP contribution in [-0.2, 0) is 19.3 Å². The molecule has 0 bridgehead atoms. The number of rotatable bonds is 2. The summed E-state index contributed by atoms with van der Waals surface area (Å²) in [5.74, 6) is 0. The Morgan fingerprint density at radius 1 is 1.12 bits per heavy atom. The third-order valence-corrected chi connectivity index (χ3v) is 4.84. The third kappa shape index (κ3) is 1.89. The monoisotopic (exact) mass is 290 g/mol. The molecule has 0 nitrogen and oxygen atoms in total. The molecule has 1 aromatic rings. The Kier molecular flexibility index (Phi) is 3.12. The molecule has 0 radical (unpaired) electrons. The van der Waals surface area contributed by atoms with Gasteiger partial charge in [0.1, 0.15) is 0 Å². The molecular formula is C16H19Br. The fourth-order valence-electron chi connectivity index (χ4n) is 3.33. The minimum Gasteiger partial charge on any atom is -0.0763 e. The van der Waals surface area contributed by atoms with Crippen molar-refractivity contribution in [1.29, 1.82) is 0 Å². The van der Waals surface area contributed by atoms with Gasteiger partial charge in [-0.25, -0.2) is 0 Å². The third-order valence-electron chi connectivity index (χ3n) is 4.13. The highest BCUT2D eigenvalue weighted by molar-refractivity contribution is 9.10. The van der Waals surface area contributed by atoms with Gasteiger partial charge in [-0.3, -0.25) is 0 Å². The van der Waals surface area contributed by atoms with Crippen LogP contribution in [0.25, 0.3) is 5.57 Å². The second kappa shape index (κ2) is 4.61. The van der Waals surface area contributed by atoms with E-state index in [4.69, 9.17) is 0 Å². The van der Waals surface area contributed by atoms with Gasteiger partial charge in [-0.2, -0.15) is 0 Å². The summed E-state index contributed by atoms with van der Waals surface area (Å²) in [6.07, 6.45) is 11.4. The van der Waals surface area contributed by atoms with Crippen LogP contribution < -0.4 is 0 Å². The van der Waals surface area contributed by atoms with Gasteiger partial charge in [-0.15, -0.1) is 0 Å². The summed E-state index contributed by atoms with van der Waals surface area (Å²) in [6, 6.07) is 2.38. The second-order valence-electron chi connectivity index (χ2n) is 5.23. The molecule has 0 N–H and O–H groups in total. The summed E-state index contributed by atoms with van der Waals surface area (Å²) in [7, 11) is 0. The van der Waals surface area contributed by atoms with Crippen LogP contribution in [-0.4, -0.2) is 0 Å². The van der Waals surface area contributed by atoms with E-state index >= 15 is 0 Å². The Bertz CT molecular complexity index is 483. The largest absolute Gasteiger partial charge is 0.0763 e. The quantitative estimate of drug-likeness (QED) is 0.714. The fourth-order valence-corrected chi connectivity index (χ4v) is 3.99. The highest BCUT2D eigenvalue weighted by Gasteiger charge is 2.23. The number of fused-ring (bicyclic) bond motifs is 3. The molecule has 2 aliphatic rings. The van der Waals surface area contributed by atoms with Crippen LogP contribution >= 0.6 is 15.9 Å². The van der Waals surface area contributed by atoms with E-state index in [9.17, 15) is 0 Å². The molecule has 0 atom stereocenters. The molecule has 0 unspecified atom stereocenters. The molecule has 0 fully saturated rings. The normalized spacial score (nSPS) is 17.6. The van der Waals surface area contributed by atoms with Crippen LogP contribution in [0.15, 0.2) is 16.6 Å². The molecule has 0 saturated carbocycles. The van der Waals surface area contributed by atoms with Crippen molar-refractivity contribution < 1.29 is 0 Å². The summed E-state index contributed by atoms with van der Waals surface area (Å²) in [5, 5.41) is 0. The van der Waals surface area contributed by atoms with Crippen molar-refractivity contribution in [1.82, 2.24) is 0 Å². The summed E-state index contributed by atoms with van der Waals surface area (Å²) < 4.78 is 1.36. The average molecular weight is 291 g/mol. The van der Waals surface area contributed by atoms with Gasteiger partial charge in [0, 0.05) is 4.47 Å². The van der Waals surface area contributed by atoms with Gasteiger partial charge in [0.25, 0.3) is 0 Å². The zero-order valence-corrected chi connectivity index (χ0v) is 12.1. The highest BCUT2D eigenvalue weighted by Crippen LogP contribution is 2.40. The first-order chi connectivity index (χ1) is 8.31. The van der Waals surface area contributed by atoms with Crippen molar-refractivity contribution >= 4 is 21.5 Å². The molecule has 0 aliphatic heterocycles. The Morgan fingerprint density at radius 3 is 2.65 bits per heavy atom. The number of halogens is 1. The molecule has 0 spiro atoms. The van der Waals surface area contributed by atoms with Crippen LogP contribution in [0.5, 0.6) is 0 Å². The summed E-state index contributed by atoms with van der Waals surface area (Å²) >= 11 is 3.79. The molecule has 17 heavy (non-hydrogen) atoms. The topological polar surface area (TPSA) is 0 Å². The van der Waals surface area contributed by atoms with Crippen LogP contribution in [0.1, 0.15) is 54.9 Å². The summed E-state index contributed by atoms with van der Waals surface area (Å²) in [5.41, 5.74) is 8.03. The van der Waals surface area contributed by atoms with E-state index in [1.165, 1.54) is 49.4 Å². The van der Waals surface area contributed by atoms with E-state index in [-0.39, 0.29) is 0 Å². The predicted molar refractivity (Wildman–Crippen MR) is 77.4 cm³/mol. The van der Waals surface area contributed by atoms with Crippen molar-refractivity contribution in [3.63, 3.8) is 0 Å². The van der Waals surface area contributed by atoms with Crippen molar-refractivity contribution in [2.75, 3.05) is 0 Å². The molecule has 0 amide bonds. The Labute approximate surface area is 112 Å². The fraction of sp³-hybridized carbons (Fsp3) is 0.500. The van der Waals surface area contributed by atoms with Crippen LogP contribution in [0.3, 0.4) is 0 Å². The van der Waals surface area contributed by atoms with Gasteiger partial charge in [-0.05, 0) is 72.4 Å². The highest BCUT2D eigenvalue weighted by atomic mass is 79.9. The molecule has 1 heteroatoms. The van der Waals surface area contributed by atoms with Crippen LogP contribution in [0.2, 0.25) is 0 Å². The summed E-state index contributed by atoms with van der Waals surface area (Å²) in [6.45, 7) is 2.27. The van der Waals surface area contributed by atoms with Crippen LogP contribution in [0.4, 0.5) is 0 Å². The van der Waals surface area contributed by atoms with Crippen molar-refractivity contribution in [3.8, 4) is 0 Å². The van der Waals surface area contributed by atoms with Gasteiger partial charge in [0.05, 0.1) is 0 Å². The average Bonchev–Trinajstić information content (AvgIpc) is 2.74. The van der Waals surface area contributed by atoms with Gasteiger partial charge >= 0.3 is 0 Å². The number of benzene rings is 1. The van der Waals surface area contributed by atoms with Crippen molar-refractivity contribution in [3.05, 3.63) is 38.9 Å². The molecule has 90 valence electrons. The van der Waals surface area contributed by atoms with Gasteiger partial charge < -0.3 is 0 Å². The first kappa shape index (κ1) is 11.5. The molecule has 0 heterocycles. The van der Waals surface area contributed by atoms with E-state index in [0.29, 0.717) is 0 Å². The minimum absolute atomic E-state index is 1.18. The van der Waals surface area contributed by atoms with Gasteiger partial charge in [0.2, 0.25) is 0 Å². The molecule has 1 aromatic carbocycles. The number of hydrogen-bond donors (Lipinski definition) is 0. The SMILES string of the molecule is CCCC1=CCc2c1cc(Br)c1c2CCCC1. The van der Waals surface area contributed by atoms with E-state index in [1.807, 2.05) is 0 Å². The van der Waals surface area contributed by atoms with E-state index in [1.54, 1.807) is 27.8 Å². The maximum Gasteiger partial charge on any atom is 0.0216 e. The van der Waals surface area contributed by atoms with Crippen LogP contribution in [0, 0.1) is 0 Å². The minimum atomic E-state index is 1.18. The lowest BCUT2D eigenvalue weighted by Crippen LogP contribution is -2.08. The Morgan fingerprint density at radius 2 is 1.88 bits per heavy atom. The lowest BCUT2D eigenvalue weighted by molar-refractivity contribution is 0.678. The Balaban J connectivity index is 2.10. The second-order valence-corrected chi connectivity index (χ2v) is 6.09. The lowest BCUT2D eigenvalue weighted by atomic mass is 9.85. The smallest absolute Gasteiger partial charge is 0.0216 e. The first-order valence-electron chi connectivity index (χ1n) is 6.83. The zero-order chi connectivity index (χ0) is 11.8. The maximum atomic E-state index is 3.79. The predicted octanol–water partition coefficient (Wildman–Crippen LogP) is 5.07. The van der Waals surface area contributed by atoms with Crippen molar-refractivity contribution in [2.45, 2.75) is 51.9 Å². The molecule has 0 aromatic heterocycles. The molecule has 2 aliphatic carbocycles. The van der Waals surface area contributed by atoms with Crippen molar-refractivity contribution in [2.24, 2.45) is 0 Å². The van der Waals surface area contributed by atoms with Gasteiger partial charge in [0.15, 0.2) is 0 Å². The van der Waals surface area contributed by atoms with E-state index < -0.39 is 0 Å². The first-order valence-corrected chi connectivity index (χ1v) is 7.63. The zero-order valence-electron chi connectivity index (χ0n) is 10.5. The lowest BCUT2D eigenvalue weighted by Gasteiger charge is -2.22. The summed E-state index contributed by atoms with van der Waals surface area (Å²) in [4.78, 5) is 0. The van der Waals surface area contributed by atoms with Gasteiger partial charge in [-0.1, -0.05) is 35.4 Å². The molecule has 3 rings (SSSR count). The molecular weight excluding hydrogens is 272 g/mol. The number of hydrogen-bond acceptors (Lipinski definition) is 0.